The van der Waals surface area contributed by atoms with Crippen LogP contribution in [0, 0.1) is 11.8 Å². The van der Waals surface area contributed by atoms with Crippen molar-refractivity contribution in [2.45, 2.75) is 33.1 Å². The Morgan fingerprint density at radius 1 is 1.41 bits per heavy atom. The van der Waals surface area contributed by atoms with Crippen LogP contribution in [0.15, 0.2) is 0 Å². The molecular weight excluding hydrogens is 218 g/mol. The van der Waals surface area contributed by atoms with Crippen molar-refractivity contribution in [3.8, 4) is 0 Å². The van der Waals surface area contributed by atoms with E-state index in [4.69, 9.17) is 9.84 Å². The lowest BCUT2D eigenvalue weighted by Crippen LogP contribution is -2.33. The lowest BCUT2D eigenvalue weighted by atomic mass is 9.89. The number of aliphatic hydroxyl groups excluding tert-OH is 1. The molecule has 1 aliphatic rings. The molecule has 1 unspecified atom stereocenters. The van der Waals surface area contributed by atoms with E-state index in [-0.39, 0.29) is 12.5 Å². The summed E-state index contributed by atoms with van der Waals surface area (Å²) in [5.41, 5.74) is 0. The Morgan fingerprint density at radius 3 is 2.82 bits per heavy atom. The summed E-state index contributed by atoms with van der Waals surface area (Å²) in [5.74, 6) is 1.58. The van der Waals surface area contributed by atoms with Gasteiger partial charge in [0.1, 0.15) is 0 Å². The predicted octanol–water partition coefficient (Wildman–Crippen LogP) is 1.28. The zero-order valence-electron chi connectivity index (χ0n) is 11.0. The van der Waals surface area contributed by atoms with Crippen molar-refractivity contribution < 1.29 is 14.6 Å². The lowest BCUT2D eigenvalue weighted by molar-refractivity contribution is -0.131. The molecule has 1 atom stereocenters. The number of carbonyl (C=O) groups excluding carboxylic acids is 1. The average molecular weight is 243 g/mol. The van der Waals surface area contributed by atoms with Gasteiger partial charge in [-0.05, 0) is 24.7 Å². The Hall–Kier alpha value is -0.610. The maximum Gasteiger partial charge on any atom is 0.222 e. The van der Waals surface area contributed by atoms with Crippen LogP contribution in [0.5, 0.6) is 0 Å². The zero-order valence-corrected chi connectivity index (χ0v) is 11.0. The van der Waals surface area contributed by atoms with Gasteiger partial charge in [0.05, 0.1) is 19.8 Å². The largest absolute Gasteiger partial charge is 0.394 e. The van der Waals surface area contributed by atoms with E-state index in [0.29, 0.717) is 38.0 Å². The van der Waals surface area contributed by atoms with E-state index in [1.54, 1.807) is 0 Å². The summed E-state index contributed by atoms with van der Waals surface area (Å²) < 4.78 is 5.21. The summed E-state index contributed by atoms with van der Waals surface area (Å²) >= 11 is 0. The standard InChI is InChI=1S/C13H25NO3/c1-11(2)12-3-4-13(16)14(6-5-12)7-9-17-10-8-15/h11-12,15H,3-10H2,1-2H3. The molecule has 0 radical (unpaired) electrons. The SMILES string of the molecule is CC(C)C1CCC(=O)N(CCOCCO)CC1. The molecule has 1 rings (SSSR count). The molecule has 0 saturated carbocycles. The van der Waals surface area contributed by atoms with Gasteiger partial charge in [0.25, 0.3) is 0 Å². The summed E-state index contributed by atoms with van der Waals surface area (Å²) in [6.07, 6.45) is 2.79. The number of amides is 1. The van der Waals surface area contributed by atoms with Crippen molar-refractivity contribution in [2.24, 2.45) is 11.8 Å². The Balaban J connectivity index is 2.32. The normalized spacial score (nSPS) is 22.0. The molecule has 4 heteroatoms. The molecule has 1 fully saturated rings. The second-order valence-electron chi connectivity index (χ2n) is 5.05. The fourth-order valence-corrected chi connectivity index (χ4v) is 2.30. The molecule has 100 valence electrons. The van der Waals surface area contributed by atoms with Gasteiger partial charge in [-0.3, -0.25) is 4.79 Å². The van der Waals surface area contributed by atoms with Crippen LogP contribution in [0.2, 0.25) is 0 Å². The third-order valence-corrected chi connectivity index (χ3v) is 3.54. The van der Waals surface area contributed by atoms with Gasteiger partial charge in [0, 0.05) is 19.5 Å². The number of hydrogen-bond acceptors (Lipinski definition) is 3. The summed E-state index contributed by atoms with van der Waals surface area (Å²) in [6.45, 7) is 6.90. The van der Waals surface area contributed by atoms with Crippen LogP contribution >= 0.6 is 0 Å². The quantitative estimate of drug-likeness (QED) is 0.715. The van der Waals surface area contributed by atoms with Crippen molar-refractivity contribution in [1.29, 1.82) is 0 Å². The fourth-order valence-electron chi connectivity index (χ4n) is 2.30. The fraction of sp³-hybridized carbons (Fsp3) is 0.923. The van der Waals surface area contributed by atoms with Gasteiger partial charge in [-0.25, -0.2) is 0 Å². The average Bonchev–Trinajstić information content (AvgIpc) is 2.48. The van der Waals surface area contributed by atoms with Gasteiger partial charge < -0.3 is 14.7 Å². The van der Waals surface area contributed by atoms with Crippen molar-refractivity contribution >= 4 is 5.91 Å². The Kier molecular flexibility index (Phi) is 6.52. The monoisotopic (exact) mass is 243 g/mol. The first kappa shape index (κ1) is 14.5. The number of rotatable bonds is 6. The molecule has 4 nitrogen and oxygen atoms in total. The highest BCUT2D eigenvalue weighted by Crippen LogP contribution is 2.24. The molecule has 0 aromatic rings. The van der Waals surface area contributed by atoms with Crippen LogP contribution in [-0.2, 0) is 9.53 Å². The van der Waals surface area contributed by atoms with Gasteiger partial charge in [-0.15, -0.1) is 0 Å². The molecule has 1 amide bonds. The second kappa shape index (κ2) is 7.67. The molecule has 0 spiro atoms. The van der Waals surface area contributed by atoms with Gasteiger partial charge in [-0.2, -0.15) is 0 Å². The minimum absolute atomic E-state index is 0.0450. The number of carbonyl (C=O) groups is 1. The lowest BCUT2D eigenvalue weighted by Gasteiger charge is -2.21. The predicted molar refractivity (Wildman–Crippen MR) is 66.7 cm³/mol. The number of ether oxygens (including phenoxy) is 1. The summed E-state index contributed by atoms with van der Waals surface area (Å²) in [5, 5.41) is 8.59. The van der Waals surface area contributed by atoms with Crippen LogP contribution in [0.1, 0.15) is 33.1 Å². The van der Waals surface area contributed by atoms with E-state index in [0.717, 1.165) is 19.4 Å². The first-order valence-electron chi connectivity index (χ1n) is 6.61. The number of nitrogens with zero attached hydrogens (tertiary/aromatic N) is 1. The van der Waals surface area contributed by atoms with E-state index in [2.05, 4.69) is 13.8 Å². The highest BCUT2D eigenvalue weighted by Gasteiger charge is 2.23. The van der Waals surface area contributed by atoms with Crippen molar-refractivity contribution in [2.75, 3.05) is 32.9 Å². The molecule has 0 bridgehead atoms. The molecule has 0 aromatic heterocycles. The number of aliphatic hydroxyl groups is 1. The van der Waals surface area contributed by atoms with Gasteiger partial charge in [0.2, 0.25) is 5.91 Å². The van der Waals surface area contributed by atoms with Crippen molar-refractivity contribution in [3.05, 3.63) is 0 Å². The summed E-state index contributed by atoms with van der Waals surface area (Å²) in [7, 11) is 0. The molecule has 1 saturated heterocycles. The maximum atomic E-state index is 11.9. The number of hydrogen-bond donors (Lipinski definition) is 1. The number of likely N-dealkylation sites (tertiary alicyclic amines) is 1. The first-order chi connectivity index (χ1) is 8.15. The summed E-state index contributed by atoms with van der Waals surface area (Å²) in [6, 6.07) is 0. The zero-order chi connectivity index (χ0) is 12.7. The Labute approximate surface area is 104 Å². The van der Waals surface area contributed by atoms with E-state index >= 15 is 0 Å². The highest BCUT2D eigenvalue weighted by molar-refractivity contribution is 5.76. The van der Waals surface area contributed by atoms with Gasteiger partial charge in [0.15, 0.2) is 0 Å². The summed E-state index contributed by atoms with van der Waals surface area (Å²) in [4.78, 5) is 13.8. The molecule has 17 heavy (non-hydrogen) atoms. The molecular formula is C13H25NO3. The highest BCUT2D eigenvalue weighted by atomic mass is 16.5. The molecule has 1 aliphatic heterocycles. The van der Waals surface area contributed by atoms with Crippen LogP contribution in [0.4, 0.5) is 0 Å². The smallest absolute Gasteiger partial charge is 0.222 e. The third-order valence-electron chi connectivity index (χ3n) is 3.54. The minimum Gasteiger partial charge on any atom is -0.394 e. The third kappa shape index (κ3) is 5.04. The van der Waals surface area contributed by atoms with Gasteiger partial charge in [-0.1, -0.05) is 13.8 Å². The van der Waals surface area contributed by atoms with Crippen molar-refractivity contribution in [1.82, 2.24) is 4.90 Å². The first-order valence-corrected chi connectivity index (χ1v) is 6.61. The Morgan fingerprint density at radius 2 is 2.18 bits per heavy atom. The van der Waals surface area contributed by atoms with E-state index in [9.17, 15) is 4.79 Å². The van der Waals surface area contributed by atoms with Crippen molar-refractivity contribution in [3.63, 3.8) is 0 Å². The molecule has 0 aromatic carbocycles. The van der Waals surface area contributed by atoms with Crippen LogP contribution in [0.3, 0.4) is 0 Å². The maximum absolute atomic E-state index is 11.9. The van der Waals surface area contributed by atoms with Crippen LogP contribution in [0.25, 0.3) is 0 Å². The van der Waals surface area contributed by atoms with E-state index in [1.165, 1.54) is 0 Å². The molecule has 0 aliphatic carbocycles. The minimum atomic E-state index is 0.0450. The van der Waals surface area contributed by atoms with Crippen LogP contribution in [-0.4, -0.2) is 48.8 Å². The van der Waals surface area contributed by atoms with Crippen LogP contribution < -0.4 is 0 Å². The van der Waals surface area contributed by atoms with E-state index < -0.39 is 0 Å². The molecule has 1 N–H and O–H groups in total. The van der Waals surface area contributed by atoms with E-state index in [1.807, 2.05) is 4.90 Å². The second-order valence-corrected chi connectivity index (χ2v) is 5.05. The van der Waals surface area contributed by atoms with Gasteiger partial charge >= 0.3 is 0 Å². The Bertz CT molecular complexity index is 231. The topological polar surface area (TPSA) is 49.8 Å². The molecule has 1 heterocycles.